The predicted molar refractivity (Wildman–Crippen MR) is 229 cm³/mol. The van der Waals surface area contributed by atoms with Gasteiger partial charge in [0.25, 0.3) is 0 Å². The van der Waals surface area contributed by atoms with Crippen LogP contribution in [-0.4, -0.2) is 34.5 Å². The van der Waals surface area contributed by atoms with Crippen LogP contribution >= 0.6 is 0 Å². The second-order valence-corrected chi connectivity index (χ2v) is 41.3. The predicted octanol–water partition coefficient (Wildman–Crippen LogP) is 15.5. The van der Waals surface area contributed by atoms with Crippen LogP contribution in [-0.2, 0) is 21.7 Å². The molecule has 7 heteroatoms. The van der Waals surface area contributed by atoms with Crippen molar-refractivity contribution in [1.29, 1.82) is 0 Å². The van der Waals surface area contributed by atoms with Gasteiger partial charge in [0.05, 0.1) is 0 Å². The Kier molecular flexibility index (Phi) is 20.3. The maximum Gasteiger partial charge on any atom is 2.00 e. The topological polar surface area (TPSA) is 64.3 Å². The molecule has 0 radical (unpaired) electrons. The maximum atomic E-state index is 11.2. The van der Waals surface area contributed by atoms with Gasteiger partial charge in [-0.3, -0.25) is 0 Å². The number of hydrogen-bond acceptors (Lipinski definition) is 2. The maximum absolute atomic E-state index is 11.2. The fraction of sp³-hybridized carbons (Fsp3) is 0.857. The monoisotopic (exact) mass is 772 g/mol. The van der Waals surface area contributed by atoms with E-state index in [1.54, 1.807) is 0 Å². The Bertz CT molecular complexity index is 808. The summed E-state index contributed by atoms with van der Waals surface area (Å²) in [6, 6.07) is 12.5. The summed E-state index contributed by atoms with van der Waals surface area (Å²) in [5.41, 5.74) is 0. The Morgan fingerprint density at radius 2 is 0.510 bits per heavy atom. The Morgan fingerprint density at radius 3 is 0.531 bits per heavy atom. The quantitative estimate of drug-likeness (QED) is 0.204. The van der Waals surface area contributed by atoms with Crippen molar-refractivity contribution in [3.63, 3.8) is 0 Å². The zero-order chi connectivity index (χ0) is 40.2. The van der Waals surface area contributed by atoms with Crippen LogP contribution in [0.4, 0.5) is 0 Å². The van der Waals surface area contributed by atoms with Gasteiger partial charge >= 0.3 is 21.7 Å². The van der Waals surface area contributed by atoms with E-state index in [4.69, 9.17) is 5.40 Å². The molecule has 0 atom stereocenters. The fourth-order valence-electron chi connectivity index (χ4n) is 10.5. The molecule has 0 aliphatic heterocycles. The smallest absolute Gasteiger partial charge is 0.678 e. The Hall–Kier alpha value is 0.465. The largest absolute Gasteiger partial charge is 2.00 e. The van der Waals surface area contributed by atoms with Crippen LogP contribution < -0.4 is 0 Å². The van der Waals surface area contributed by atoms with E-state index < -0.39 is 24.9 Å². The molecular formula is C42H89NO2Si3Ti. The average Bonchev–Trinajstić information content (AvgIpc) is 2.78. The number of benzene rings is 1. The minimum atomic E-state index is -2.35. The molecule has 0 spiro atoms. The summed E-state index contributed by atoms with van der Waals surface area (Å²) in [5, 5.41) is 9.50. The van der Waals surface area contributed by atoms with Crippen molar-refractivity contribution < 1.29 is 31.3 Å². The summed E-state index contributed by atoms with van der Waals surface area (Å²) in [5.74, 6) is 0. The minimum absolute atomic E-state index is 0. The van der Waals surface area contributed by atoms with Gasteiger partial charge in [-0.2, -0.15) is 36.4 Å². The Morgan fingerprint density at radius 1 is 0.347 bits per heavy atom. The molecule has 290 valence electrons. The standard InChI is InChI=1S/C12H28NSi.2C12H28OSi.C6H5.Ti/c3*1-10(2,3)14(13,11(4,5)6)12(7,8)9;1-2-4-6-5-3-1;/h3*13H,1-9H3;1-5H;/q-1;;;-1;+2. The third-order valence-electron chi connectivity index (χ3n) is 10.5. The van der Waals surface area contributed by atoms with Gasteiger partial charge in [0.1, 0.15) is 0 Å². The number of rotatable bonds is 0. The summed E-state index contributed by atoms with van der Waals surface area (Å²) in [6.45, 7) is 59.3. The van der Waals surface area contributed by atoms with E-state index in [-0.39, 0.29) is 67.1 Å². The summed E-state index contributed by atoms with van der Waals surface area (Å²) in [6.07, 6.45) is 0. The summed E-state index contributed by atoms with van der Waals surface area (Å²) in [7, 11) is -6.81. The average molecular weight is 772 g/mol. The van der Waals surface area contributed by atoms with E-state index in [2.05, 4.69) is 193 Å². The summed E-state index contributed by atoms with van der Waals surface area (Å²) < 4.78 is 0. The molecular weight excluding hydrogens is 683 g/mol. The molecule has 0 saturated heterocycles. The fourth-order valence-corrected chi connectivity index (χ4v) is 30.7. The molecule has 1 aromatic carbocycles. The van der Waals surface area contributed by atoms with E-state index >= 15 is 0 Å². The van der Waals surface area contributed by atoms with E-state index in [1.165, 1.54) is 0 Å². The van der Waals surface area contributed by atoms with E-state index in [0.717, 1.165) is 0 Å². The molecule has 0 amide bonds. The number of nitrogens with one attached hydrogen (secondary N) is 1. The molecule has 0 aliphatic rings. The van der Waals surface area contributed by atoms with Crippen LogP contribution in [0.2, 0.25) is 45.3 Å². The molecule has 0 bridgehead atoms. The van der Waals surface area contributed by atoms with Crippen LogP contribution in [0.1, 0.15) is 187 Å². The number of hydrogen-bond donors (Lipinski definition) is 2. The second kappa shape index (κ2) is 17.7. The van der Waals surface area contributed by atoms with Crippen LogP contribution in [0, 0.1) is 6.07 Å². The Labute approximate surface area is 328 Å². The van der Waals surface area contributed by atoms with Gasteiger partial charge in [-0.05, 0) is 38.5 Å². The van der Waals surface area contributed by atoms with Gasteiger partial charge in [0, 0.05) is 0 Å². The zero-order valence-corrected chi connectivity index (χ0v) is 42.8. The first-order chi connectivity index (χ1) is 20.2. The first-order valence-corrected chi connectivity index (χ1v) is 24.3. The van der Waals surface area contributed by atoms with Gasteiger partial charge in [-0.25, -0.2) is 0 Å². The summed E-state index contributed by atoms with van der Waals surface area (Å²) in [4.78, 5) is 22.3. The van der Waals surface area contributed by atoms with Gasteiger partial charge in [0.15, 0.2) is 0 Å². The van der Waals surface area contributed by atoms with Crippen molar-refractivity contribution in [3.05, 3.63) is 41.8 Å². The second-order valence-electron chi connectivity index (χ2n) is 23.5. The first-order valence-electron chi connectivity index (χ1n) is 18.4. The molecule has 0 aromatic heterocycles. The molecule has 0 saturated carbocycles. The van der Waals surface area contributed by atoms with Crippen LogP contribution in [0.5, 0.6) is 0 Å². The van der Waals surface area contributed by atoms with E-state index in [0.29, 0.717) is 0 Å². The molecule has 3 N–H and O–H groups in total. The van der Waals surface area contributed by atoms with Gasteiger partial charge in [-0.15, -0.1) is 0 Å². The first kappa shape index (κ1) is 56.2. The van der Waals surface area contributed by atoms with Crippen molar-refractivity contribution >= 4 is 24.9 Å². The van der Waals surface area contributed by atoms with Crippen molar-refractivity contribution in [1.82, 2.24) is 0 Å². The zero-order valence-electron chi connectivity index (χ0n) is 38.3. The van der Waals surface area contributed by atoms with Crippen molar-refractivity contribution in [2.75, 3.05) is 0 Å². The summed E-state index contributed by atoms with van der Waals surface area (Å²) >= 11 is 0. The molecule has 1 aromatic rings. The molecule has 0 aliphatic carbocycles. The van der Waals surface area contributed by atoms with Crippen LogP contribution in [0.3, 0.4) is 0 Å². The molecule has 0 fully saturated rings. The molecule has 3 nitrogen and oxygen atoms in total. The van der Waals surface area contributed by atoms with Gasteiger partial charge < -0.3 is 15.0 Å². The minimum Gasteiger partial charge on any atom is -0.678 e. The van der Waals surface area contributed by atoms with Crippen molar-refractivity contribution in [2.24, 2.45) is 0 Å². The third kappa shape index (κ3) is 13.7. The van der Waals surface area contributed by atoms with Crippen molar-refractivity contribution in [2.45, 2.75) is 232 Å². The molecule has 1 rings (SSSR count). The third-order valence-corrected chi connectivity index (χ3v) is 30.3. The van der Waals surface area contributed by atoms with Crippen molar-refractivity contribution in [3.8, 4) is 0 Å². The van der Waals surface area contributed by atoms with Gasteiger partial charge in [-0.1, -0.05) is 202 Å². The van der Waals surface area contributed by atoms with E-state index in [9.17, 15) is 9.59 Å². The molecule has 0 heterocycles. The molecule has 49 heavy (non-hydrogen) atoms. The Balaban J connectivity index is -0.000000282. The SMILES string of the molecule is CC(C)(C)[Si](O)(C(C)(C)C)C(C)(C)C.CC(C)(C)[Si](O)(C(C)(C)C)C(C)(C)C.CC(C)(C)[Si]([NH-])(C(C)(C)C)C(C)(C)C.[Ti+2].[c-]1ccccc1. The molecule has 0 unspecified atom stereocenters. The van der Waals surface area contributed by atoms with E-state index in [1.807, 2.05) is 30.3 Å². The normalized spacial score (nSPS) is 14.6. The van der Waals surface area contributed by atoms with Crippen LogP contribution in [0.15, 0.2) is 30.3 Å². The van der Waals surface area contributed by atoms with Gasteiger partial charge in [0.2, 0.25) is 16.6 Å². The van der Waals surface area contributed by atoms with Crippen LogP contribution in [0.25, 0.3) is 5.40 Å².